The van der Waals surface area contributed by atoms with Crippen molar-refractivity contribution in [2.75, 3.05) is 6.54 Å². The fraction of sp³-hybridized carbons (Fsp3) is 0.455. The molecule has 1 fully saturated rings. The van der Waals surface area contributed by atoms with Crippen molar-refractivity contribution in [1.82, 2.24) is 0 Å². The van der Waals surface area contributed by atoms with Gasteiger partial charge in [-0.15, -0.1) is 0 Å². The summed E-state index contributed by atoms with van der Waals surface area (Å²) in [6, 6.07) is 3.40. The van der Waals surface area contributed by atoms with E-state index in [2.05, 4.69) is 0 Å². The van der Waals surface area contributed by atoms with Crippen LogP contribution in [0.3, 0.4) is 0 Å². The number of nitrogens with zero attached hydrogens (tertiary/aromatic N) is 1. The zero-order valence-electron chi connectivity index (χ0n) is 9.14. The molecular formula is C11H13FN2O3. The van der Waals surface area contributed by atoms with Gasteiger partial charge < -0.3 is 10.5 Å². The van der Waals surface area contributed by atoms with E-state index in [0.29, 0.717) is 12.5 Å². The number of nitro benzene ring substituents is 1. The van der Waals surface area contributed by atoms with Crippen LogP contribution in [0.5, 0.6) is 5.75 Å². The van der Waals surface area contributed by atoms with Crippen LogP contribution in [0, 0.1) is 21.8 Å². The lowest BCUT2D eigenvalue weighted by Gasteiger charge is -2.34. The van der Waals surface area contributed by atoms with E-state index in [9.17, 15) is 14.5 Å². The third kappa shape index (κ3) is 2.52. The largest absolute Gasteiger partial charge is 0.487 e. The highest BCUT2D eigenvalue weighted by molar-refractivity contribution is 5.37. The number of non-ortho nitro benzene ring substituents is 1. The van der Waals surface area contributed by atoms with Crippen LogP contribution in [0.2, 0.25) is 0 Å². The second kappa shape index (κ2) is 4.67. The summed E-state index contributed by atoms with van der Waals surface area (Å²) in [6.45, 7) is 0.614. The van der Waals surface area contributed by atoms with Gasteiger partial charge in [0, 0.05) is 6.07 Å². The number of hydrogen-bond acceptors (Lipinski definition) is 4. The van der Waals surface area contributed by atoms with Gasteiger partial charge in [-0.3, -0.25) is 10.1 Å². The molecule has 1 aromatic rings. The van der Waals surface area contributed by atoms with Crippen LogP contribution in [-0.4, -0.2) is 17.6 Å². The molecule has 0 heterocycles. The standard InChI is InChI=1S/C11H13FN2O3/c12-10-5-8(14(15)16)1-2-11(10)17-9-3-7(4-9)6-13/h1-2,5,7,9H,3-4,6,13H2. The minimum atomic E-state index is -0.699. The first kappa shape index (κ1) is 11.8. The Bertz CT molecular complexity index is 433. The van der Waals surface area contributed by atoms with Crippen LogP contribution in [0.1, 0.15) is 12.8 Å². The van der Waals surface area contributed by atoms with Crippen molar-refractivity contribution in [2.24, 2.45) is 11.7 Å². The Morgan fingerprint density at radius 2 is 2.24 bits per heavy atom. The molecule has 0 bridgehead atoms. The maximum atomic E-state index is 13.5. The SMILES string of the molecule is NCC1CC(Oc2ccc([N+](=O)[O-])cc2F)C1. The molecule has 92 valence electrons. The van der Waals surface area contributed by atoms with Gasteiger partial charge in [0.15, 0.2) is 11.6 Å². The summed E-state index contributed by atoms with van der Waals surface area (Å²) in [6.07, 6.45) is 1.60. The van der Waals surface area contributed by atoms with Crippen LogP contribution in [0.15, 0.2) is 18.2 Å². The molecule has 1 aromatic carbocycles. The van der Waals surface area contributed by atoms with Crippen LogP contribution in [0.25, 0.3) is 0 Å². The molecule has 0 amide bonds. The number of halogens is 1. The van der Waals surface area contributed by atoms with Crippen LogP contribution >= 0.6 is 0 Å². The quantitative estimate of drug-likeness (QED) is 0.643. The molecule has 5 nitrogen and oxygen atoms in total. The molecule has 17 heavy (non-hydrogen) atoms. The molecule has 0 aliphatic heterocycles. The van der Waals surface area contributed by atoms with Gasteiger partial charge in [0.1, 0.15) is 0 Å². The van der Waals surface area contributed by atoms with Crippen LogP contribution < -0.4 is 10.5 Å². The van der Waals surface area contributed by atoms with E-state index in [0.717, 1.165) is 18.9 Å². The molecule has 0 atom stereocenters. The maximum Gasteiger partial charge on any atom is 0.272 e. The Hall–Kier alpha value is -1.69. The number of nitro groups is 1. The lowest BCUT2D eigenvalue weighted by atomic mass is 9.82. The molecule has 1 aliphatic carbocycles. The fourth-order valence-corrected chi connectivity index (χ4v) is 1.84. The Kier molecular flexibility index (Phi) is 3.23. The van der Waals surface area contributed by atoms with Crippen LogP contribution in [0.4, 0.5) is 10.1 Å². The first-order chi connectivity index (χ1) is 8.10. The predicted octanol–water partition coefficient (Wildman–Crippen LogP) is 1.85. The van der Waals surface area contributed by atoms with E-state index in [-0.39, 0.29) is 17.5 Å². The minimum absolute atomic E-state index is 0.0282. The van der Waals surface area contributed by atoms with Gasteiger partial charge in [-0.1, -0.05) is 0 Å². The van der Waals surface area contributed by atoms with E-state index < -0.39 is 10.7 Å². The van der Waals surface area contributed by atoms with Gasteiger partial charge in [-0.2, -0.15) is 0 Å². The van der Waals surface area contributed by atoms with E-state index in [1.54, 1.807) is 0 Å². The maximum absolute atomic E-state index is 13.5. The lowest BCUT2D eigenvalue weighted by molar-refractivity contribution is -0.385. The molecular weight excluding hydrogens is 227 g/mol. The van der Waals surface area contributed by atoms with Crippen molar-refractivity contribution >= 4 is 5.69 Å². The smallest absolute Gasteiger partial charge is 0.272 e. The van der Waals surface area contributed by atoms with Gasteiger partial charge in [-0.05, 0) is 31.4 Å². The monoisotopic (exact) mass is 240 g/mol. The van der Waals surface area contributed by atoms with Crippen molar-refractivity contribution < 1.29 is 14.1 Å². The number of rotatable bonds is 4. The second-order valence-corrected chi connectivity index (χ2v) is 4.18. The second-order valence-electron chi connectivity index (χ2n) is 4.18. The van der Waals surface area contributed by atoms with Crippen molar-refractivity contribution in [1.29, 1.82) is 0 Å². The Labute approximate surface area is 97.5 Å². The first-order valence-electron chi connectivity index (χ1n) is 5.41. The summed E-state index contributed by atoms with van der Waals surface area (Å²) < 4.78 is 18.9. The summed E-state index contributed by atoms with van der Waals surface area (Å²) in [5.74, 6) is -0.187. The first-order valence-corrected chi connectivity index (χ1v) is 5.41. The Morgan fingerprint density at radius 3 is 2.76 bits per heavy atom. The third-order valence-electron chi connectivity index (χ3n) is 2.95. The third-order valence-corrected chi connectivity index (χ3v) is 2.95. The van der Waals surface area contributed by atoms with E-state index >= 15 is 0 Å². The summed E-state index contributed by atoms with van der Waals surface area (Å²) in [5.41, 5.74) is 5.19. The molecule has 6 heteroatoms. The zero-order chi connectivity index (χ0) is 12.4. The average Bonchev–Trinajstić information content (AvgIpc) is 2.24. The summed E-state index contributed by atoms with van der Waals surface area (Å²) in [7, 11) is 0. The average molecular weight is 240 g/mol. The zero-order valence-corrected chi connectivity index (χ0v) is 9.14. The highest BCUT2D eigenvalue weighted by Crippen LogP contribution is 2.32. The van der Waals surface area contributed by atoms with Crippen molar-refractivity contribution in [2.45, 2.75) is 18.9 Å². The summed E-state index contributed by atoms with van der Waals surface area (Å²) in [5, 5.41) is 10.4. The van der Waals surface area contributed by atoms with Gasteiger partial charge in [0.05, 0.1) is 17.1 Å². The minimum Gasteiger partial charge on any atom is -0.487 e. The Balaban J connectivity index is 2.00. The van der Waals surface area contributed by atoms with Crippen molar-refractivity contribution in [3.05, 3.63) is 34.1 Å². The lowest BCUT2D eigenvalue weighted by Crippen LogP contribution is -2.37. The molecule has 1 saturated carbocycles. The molecule has 0 spiro atoms. The summed E-state index contributed by atoms with van der Waals surface area (Å²) in [4.78, 5) is 9.78. The van der Waals surface area contributed by atoms with E-state index in [1.807, 2.05) is 0 Å². The van der Waals surface area contributed by atoms with Gasteiger partial charge in [0.2, 0.25) is 0 Å². The van der Waals surface area contributed by atoms with E-state index in [4.69, 9.17) is 10.5 Å². The normalized spacial score (nSPS) is 22.9. The van der Waals surface area contributed by atoms with Gasteiger partial charge in [0.25, 0.3) is 5.69 Å². The van der Waals surface area contributed by atoms with Gasteiger partial charge >= 0.3 is 0 Å². The topological polar surface area (TPSA) is 78.4 Å². The Morgan fingerprint density at radius 1 is 1.53 bits per heavy atom. The molecule has 1 aliphatic rings. The van der Waals surface area contributed by atoms with Gasteiger partial charge in [-0.25, -0.2) is 4.39 Å². The van der Waals surface area contributed by atoms with Crippen LogP contribution in [-0.2, 0) is 0 Å². The number of hydrogen-bond donors (Lipinski definition) is 1. The molecule has 2 N–H and O–H groups in total. The molecule has 0 radical (unpaired) electrons. The number of ether oxygens (including phenoxy) is 1. The predicted molar refractivity (Wildman–Crippen MR) is 59.2 cm³/mol. The summed E-state index contributed by atoms with van der Waals surface area (Å²) >= 11 is 0. The number of nitrogens with two attached hydrogens (primary N) is 1. The fourth-order valence-electron chi connectivity index (χ4n) is 1.84. The molecule has 0 aromatic heterocycles. The molecule has 0 saturated heterocycles. The highest BCUT2D eigenvalue weighted by atomic mass is 19.1. The number of benzene rings is 1. The van der Waals surface area contributed by atoms with E-state index in [1.165, 1.54) is 12.1 Å². The van der Waals surface area contributed by atoms with Crippen molar-refractivity contribution in [3.8, 4) is 5.75 Å². The molecule has 2 rings (SSSR count). The highest BCUT2D eigenvalue weighted by Gasteiger charge is 2.30. The molecule has 0 unspecified atom stereocenters. The van der Waals surface area contributed by atoms with Crippen molar-refractivity contribution in [3.63, 3.8) is 0 Å².